The van der Waals surface area contributed by atoms with Crippen molar-refractivity contribution in [3.63, 3.8) is 0 Å². The smallest absolute Gasteiger partial charge is 0.349 e. The number of rotatable bonds is 7. The van der Waals surface area contributed by atoms with E-state index in [1.54, 1.807) is 36.4 Å². The van der Waals surface area contributed by atoms with Crippen LogP contribution < -0.4 is 21.3 Å². The highest BCUT2D eigenvalue weighted by molar-refractivity contribution is 9.10. The van der Waals surface area contributed by atoms with Crippen LogP contribution in [-0.2, 0) is 4.79 Å². The molecule has 0 saturated carbocycles. The van der Waals surface area contributed by atoms with E-state index >= 15 is 0 Å². The first-order chi connectivity index (χ1) is 17.2. The fourth-order valence-corrected chi connectivity index (χ4v) is 3.95. The maximum Gasteiger partial charge on any atom is 0.349 e. The van der Waals surface area contributed by atoms with Crippen molar-refractivity contribution in [2.24, 2.45) is 5.10 Å². The molecular weight excluding hydrogens is 534 g/mol. The Morgan fingerprint density at radius 2 is 1.92 bits per heavy atom. The number of benzene rings is 3. The molecule has 0 bridgehead atoms. The molecular formula is C24H18BrN5O6. The average molecular weight is 552 g/mol. The summed E-state index contributed by atoms with van der Waals surface area (Å²) >= 11 is 3.22. The number of carbonyl (C=O) groups excluding carboxylic acids is 1. The van der Waals surface area contributed by atoms with Crippen molar-refractivity contribution in [2.45, 2.75) is 6.92 Å². The Balaban J connectivity index is 1.59. The summed E-state index contributed by atoms with van der Waals surface area (Å²) in [5, 5.41) is 18.5. The Morgan fingerprint density at radius 1 is 1.19 bits per heavy atom. The van der Waals surface area contributed by atoms with E-state index in [1.165, 1.54) is 6.07 Å². The highest BCUT2D eigenvalue weighted by atomic mass is 79.9. The maximum atomic E-state index is 12.6. The van der Waals surface area contributed by atoms with E-state index < -0.39 is 34.4 Å². The van der Waals surface area contributed by atoms with Crippen molar-refractivity contribution >= 4 is 50.3 Å². The van der Waals surface area contributed by atoms with Crippen molar-refractivity contribution in [3.8, 4) is 5.75 Å². The molecule has 3 aromatic carbocycles. The van der Waals surface area contributed by atoms with Gasteiger partial charge < -0.3 is 15.0 Å². The van der Waals surface area contributed by atoms with Gasteiger partial charge in [-0.3, -0.25) is 19.7 Å². The van der Waals surface area contributed by atoms with Gasteiger partial charge in [-0.25, -0.2) is 4.79 Å². The Morgan fingerprint density at radius 3 is 2.67 bits per heavy atom. The van der Waals surface area contributed by atoms with Gasteiger partial charge >= 0.3 is 11.4 Å². The summed E-state index contributed by atoms with van der Waals surface area (Å²) in [6, 6.07) is 16.2. The molecule has 0 aliphatic heterocycles. The van der Waals surface area contributed by atoms with Crippen LogP contribution in [0.1, 0.15) is 11.1 Å². The van der Waals surface area contributed by atoms with E-state index in [4.69, 9.17) is 4.74 Å². The number of fused-ring (bicyclic) bond motifs is 1. The van der Waals surface area contributed by atoms with Gasteiger partial charge in [0.05, 0.1) is 26.5 Å². The molecule has 11 nitrogen and oxygen atoms in total. The zero-order valence-corrected chi connectivity index (χ0v) is 20.3. The summed E-state index contributed by atoms with van der Waals surface area (Å²) < 4.78 is 6.26. The molecule has 4 rings (SSSR count). The van der Waals surface area contributed by atoms with Crippen LogP contribution in [0.4, 0.5) is 11.4 Å². The summed E-state index contributed by atoms with van der Waals surface area (Å²) in [6.07, 6.45) is 1.14. The number of hydrogen-bond donors (Lipinski definition) is 2. The number of para-hydroxylation sites is 2. The zero-order valence-electron chi connectivity index (χ0n) is 18.7. The summed E-state index contributed by atoms with van der Waals surface area (Å²) in [5.41, 5.74) is 0.197. The second-order valence-corrected chi connectivity index (χ2v) is 8.45. The fraction of sp³-hybridized carbons (Fsp3) is 0.0833. The number of nitrogens with zero attached hydrogens (tertiary/aromatic N) is 3. The van der Waals surface area contributed by atoms with E-state index in [0.29, 0.717) is 15.9 Å². The van der Waals surface area contributed by atoms with Crippen LogP contribution >= 0.6 is 15.9 Å². The number of amides is 1. The lowest BCUT2D eigenvalue weighted by molar-refractivity contribution is -0.385. The third-order valence-corrected chi connectivity index (χ3v) is 5.70. The van der Waals surface area contributed by atoms with Crippen LogP contribution in [0.2, 0.25) is 0 Å². The van der Waals surface area contributed by atoms with Gasteiger partial charge in [-0.15, -0.1) is 4.68 Å². The molecule has 1 amide bonds. The maximum absolute atomic E-state index is 12.6. The van der Waals surface area contributed by atoms with Crippen LogP contribution in [0.25, 0.3) is 10.9 Å². The molecule has 0 radical (unpaired) electrons. The zero-order chi connectivity index (χ0) is 25.8. The molecule has 1 aromatic heterocycles. The van der Waals surface area contributed by atoms with Crippen LogP contribution in [0, 0.1) is 17.0 Å². The lowest BCUT2D eigenvalue weighted by Gasteiger charge is -2.11. The molecule has 0 aliphatic rings. The number of aryl methyl sites for hydroxylation is 1. The first kappa shape index (κ1) is 24.5. The molecule has 1 heterocycles. The molecule has 4 aromatic rings. The highest BCUT2D eigenvalue weighted by Crippen LogP contribution is 2.36. The standard InChI is InChI=1S/C24H18BrN5O6/c1-14-6-2-4-8-18(14)27-21(31)13-36-22-17(25)10-15(11-20(22)30(34)35)12-26-29-23(32)16-7-3-5-9-19(16)28-24(29)33/h2-12H,13H2,1H3,(H,27,31)(H,28,33). The van der Waals surface area contributed by atoms with Gasteiger partial charge in [-0.1, -0.05) is 30.3 Å². The minimum Gasteiger partial charge on any atom is -0.476 e. The van der Waals surface area contributed by atoms with Crippen molar-refractivity contribution in [1.29, 1.82) is 0 Å². The van der Waals surface area contributed by atoms with Crippen molar-refractivity contribution in [1.82, 2.24) is 9.66 Å². The predicted octanol–water partition coefficient (Wildman–Crippen LogP) is 3.57. The number of H-pyrrole nitrogens is 1. The molecule has 12 heteroatoms. The molecule has 0 spiro atoms. The van der Waals surface area contributed by atoms with Gasteiger partial charge in [0.2, 0.25) is 5.75 Å². The third-order valence-electron chi connectivity index (χ3n) is 5.12. The van der Waals surface area contributed by atoms with E-state index in [1.807, 2.05) is 19.1 Å². The summed E-state index contributed by atoms with van der Waals surface area (Å²) in [6.45, 7) is 1.36. The van der Waals surface area contributed by atoms with Crippen molar-refractivity contribution in [2.75, 3.05) is 11.9 Å². The van der Waals surface area contributed by atoms with Gasteiger partial charge in [-0.2, -0.15) is 5.10 Å². The first-order valence-corrected chi connectivity index (χ1v) is 11.3. The van der Waals surface area contributed by atoms with Gasteiger partial charge in [-0.05, 0) is 52.7 Å². The highest BCUT2D eigenvalue weighted by Gasteiger charge is 2.21. The fourth-order valence-electron chi connectivity index (χ4n) is 3.37. The Bertz CT molecular complexity index is 1640. The third kappa shape index (κ3) is 5.23. The van der Waals surface area contributed by atoms with E-state index in [0.717, 1.165) is 17.8 Å². The molecule has 0 atom stereocenters. The number of nitro groups is 1. The number of hydrogen-bond acceptors (Lipinski definition) is 7. The lowest BCUT2D eigenvalue weighted by atomic mass is 10.2. The number of halogens is 1. The number of nitrogens with one attached hydrogen (secondary N) is 2. The summed E-state index contributed by atoms with van der Waals surface area (Å²) in [7, 11) is 0. The van der Waals surface area contributed by atoms with Crippen molar-refractivity contribution < 1.29 is 14.5 Å². The van der Waals surface area contributed by atoms with Crippen molar-refractivity contribution in [3.05, 3.63) is 107 Å². The Kier molecular flexibility index (Phi) is 7.06. The SMILES string of the molecule is Cc1ccccc1NC(=O)COc1c(Br)cc(C=Nn2c(=O)[nH]c3ccccc3c2=O)cc1[N+](=O)[O-]. The molecule has 36 heavy (non-hydrogen) atoms. The minimum atomic E-state index is -0.761. The van der Waals surface area contributed by atoms with Crippen LogP contribution in [0.15, 0.2) is 79.8 Å². The van der Waals surface area contributed by atoms with E-state index in [9.17, 15) is 24.5 Å². The largest absolute Gasteiger partial charge is 0.476 e. The number of carbonyl (C=O) groups is 1. The van der Waals surface area contributed by atoms with Gasteiger partial charge in [0.15, 0.2) is 6.61 Å². The van der Waals surface area contributed by atoms with Crippen LogP contribution in [-0.4, -0.2) is 33.3 Å². The second kappa shape index (κ2) is 10.4. The number of aromatic amines is 1. The topological polar surface area (TPSA) is 149 Å². The summed E-state index contributed by atoms with van der Waals surface area (Å²) in [5.74, 6) is -0.649. The molecule has 0 aliphatic carbocycles. The average Bonchev–Trinajstić information content (AvgIpc) is 2.84. The monoisotopic (exact) mass is 551 g/mol. The number of nitro benzene ring substituents is 1. The molecule has 0 fully saturated rings. The van der Waals surface area contributed by atoms with E-state index in [2.05, 4.69) is 31.3 Å². The molecule has 182 valence electrons. The molecule has 0 saturated heterocycles. The quantitative estimate of drug-likeness (QED) is 0.204. The summed E-state index contributed by atoms with van der Waals surface area (Å²) in [4.78, 5) is 50.8. The number of aromatic nitrogens is 2. The van der Waals surface area contributed by atoms with E-state index in [-0.39, 0.29) is 21.2 Å². The van der Waals surface area contributed by atoms with Gasteiger partial charge in [0.1, 0.15) is 0 Å². The Labute approximate surface area is 211 Å². The predicted molar refractivity (Wildman–Crippen MR) is 138 cm³/mol. The van der Waals surface area contributed by atoms with Gasteiger partial charge in [0.25, 0.3) is 11.5 Å². The first-order valence-electron chi connectivity index (χ1n) is 10.5. The van der Waals surface area contributed by atoms with Gasteiger partial charge in [0, 0.05) is 17.3 Å². The molecule has 2 N–H and O–H groups in total. The van der Waals surface area contributed by atoms with Crippen LogP contribution in [0.3, 0.4) is 0 Å². The molecule has 0 unspecified atom stereocenters. The number of ether oxygens (including phenoxy) is 1. The Hall–Kier alpha value is -4.58. The van der Waals surface area contributed by atoms with Crippen LogP contribution in [0.5, 0.6) is 5.75 Å². The normalized spacial score (nSPS) is 11.1. The minimum absolute atomic E-state index is 0.155. The lowest BCUT2D eigenvalue weighted by Crippen LogP contribution is -2.32. The second-order valence-electron chi connectivity index (χ2n) is 7.60. The number of anilines is 1.